The van der Waals surface area contributed by atoms with Crippen LogP contribution in [0, 0.1) is 3.57 Å². The molecule has 13 heavy (non-hydrogen) atoms. The van der Waals surface area contributed by atoms with Gasteiger partial charge in [-0.25, -0.2) is 4.79 Å². The van der Waals surface area contributed by atoms with Gasteiger partial charge in [-0.15, -0.1) is 0 Å². The maximum Gasteiger partial charge on any atom is 0.338 e. The molecule has 0 aliphatic heterocycles. The summed E-state index contributed by atoms with van der Waals surface area (Å²) in [5, 5.41) is 8.88. The average molecular weight is 332 g/mol. The molecule has 0 atom stereocenters. The van der Waals surface area contributed by atoms with Crippen molar-refractivity contribution in [3.05, 3.63) is 25.2 Å². The van der Waals surface area contributed by atoms with E-state index in [9.17, 15) is 4.79 Å². The Morgan fingerprint density at radius 1 is 1.54 bits per heavy atom. The zero-order valence-corrected chi connectivity index (χ0v) is 9.81. The van der Waals surface area contributed by atoms with Crippen molar-refractivity contribution in [1.82, 2.24) is 0 Å². The summed E-state index contributed by atoms with van der Waals surface area (Å²) in [6.45, 7) is 0. The minimum Gasteiger partial charge on any atom is -0.478 e. The molecule has 0 spiro atoms. The molecule has 1 aromatic carbocycles. The molecule has 0 aliphatic carbocycles. The topological polar surface area (TPSA) is 63.3 Å². The zero-order chi connectivity index (χ0) is 10.2. The van der Waals surface area contributed by atoms with Gasteiger partial charge in [0.2, 0.25) is 0 Å². The highest BCUT2D eigenvalue weighted by Crippen LogP contribution is 2.33. The van der Waals surface area contributed by atoms with E-state index in [0.717, 1.165) is 0 Å². The van der Waals surface area contributed by atoms with Gasteiger partial charge in [0.1, 0.15) is 0 Å². The number of benzene rings is 1. The van der Waals surface area contributed by atoms with E-state index in [2.05, 4.69) is 0 Å². The van der Waals surface area contributed by atoms with Gasteiger partial charge in [0.15, 0.2) is 0 Å². The second kappa shape index (κ2) is 3.89. The lowest BCUT2D eigenvalue weighted by molar-refractivity contribution is 0.0697. The van der Waals surface area contributed by atoms with Gasteiger partial charge in [0.25, 0.3) is 0 Å². The van der Waals surface area contributed by atoms with E-state index in [4.69, 9.17) is 34.0 Å². The summed E-state index contributed by atoms with van der Waals surface area (Å²) in [7, 11) is 0. The lowest BCUT2D eigenvalue weighted by Crippen LogP contribution is -2.02. The van der Waals surface area contributed by atoms with Crippen molar-refractivity contribution in [1.29, 1.82) is 0 Å². The summed E-state index contributed by atoms with van der Waals surface area (Å²) in [6, 6.07) is 1.37. The number of hydrogen-bond donors (Lipinski definition) is 2. The highest BCUT2D eigenvalue weighted by Gasteiger charge is 2.17. The molecule has 0 radical (unpaired) electrons. The number of anilines is 1. The molecule has 0 saturated heterocycles. The monoisotopic (exact) mass is 331 g/mol. The molecule has 70 valence electrons. The fourth-order valence-corrected chi connectivity index (χ4v) is 1.87. The Balaban J connectivity index is 3.53. The lowest BCUT2D eigenvalue weighted by atomic mass is 10.2. The first kappa shape index (κ1) is 10.9. The van der Waals surface area contributed by atoms with Crippen LogP contribution in [0.3, 0.4) is 0 Å². The number of nitrogens with two attached hydrogens (primary N) is 1. The third-order valence-corrected chi connectivity index (χ3v) is 3.56. The molecule has 0 heterocycles. The standard InChI is InChI=1S/C7H4Cl2INO2/c8-2-1-3(11)6(10)5(9)4(2)7(12)13/h1H,11H2,(H,12,13). The highest BCUT2D eigenvalue weighted by molar-refractivity contribution is 14.1. The van der Waals surface area contributed by atoms with Gasteiger partial charge in [-0.05, 0) is 28.7 Å². The fraction of sp³-hybridized carbons (Fsp3) is 0. The van der Waals surface area contributed by atoms with Crippen molar-refractivity contribution in [2.24, 2.45) is 0 Å². The Morgan fingerprint density at radius 2 is 2.08 bits per heavy atom. The smallest absolute Gasteiger partial charge is 0.338 e. The maximum absolute atomic E-state index is 10.7. The molecular weight excluding hydrogens is 328 g/mol. The normalized spacial score (nSPS) is 10.1. The van der Waals surface area contributed by atoms with Gasteiger partial charge in [-0.1, -0.05) is 23.2 Å². The second-order valence-corrected chi connectivity index (χ2v) is 4.12. The van der Waals surface area contributed by atoms with E-state index in [1.165, 1.54) is 6.07 Å². The zero-order valence-electron chi connectivity index (χ0n) is 6.14. The largest absolute Gasteiger partial charge is 0.478 e. The van der Waals surface area contributed by atoms with E-state index >= 15 is 0 Å². The van der Waals surface area contributed by atoms with Gasteiger partial charge < -0.3 is 10.8 Å². The van der Waals surface area contributed by atoms with Crippen LogP contribution < -0.4 is 5.73 Å². The summed E-state index contributed by atoms with van der Waals surface area (Å²) in [5.74, 6) is -1.16. The SMILES string of the molecule is Nc1cc(Cl)c(C(=O)O)c(Cl)c1I. The molecule has 0 fully saturated rings. The van der Waals surface area contributed by atoms with Crippen molar-refractivity contribution in [2.45, 2.75) is 0 Å². The lowest BCUT2D eigenvalue weighted by Gasteiger charge is -2.06. The van der Waals surface area contributed by atoms with Gasteiger partial charge in [-0.2, -0.15) is 0 Å². The van der Waals surface area contributed by atoms with Crippen molar-refractivity contribution in [3.8, 4) is 0 Å². The number of nitrogen functional groups attached to an aromatic ring is 1. The van der Waals surface area contributed by atoms with Crippen molar-refractivity contribution < 1.29 is 9.90 Å². The molecule has 0 aromatic heterocycles. The predicted molar refractivity (Wildman–Crippen MR) is 60.6 cm³/mol. The molecular formula is C7H4Cl2INO2. The molecule has 3 nitrogen and oxygen atoms in total. The van der Waals surface area contributed by atoms with Crippen LogP contribution in [0.5, 0.6) is 0 Å². The van der Waals surface area contributed by atoms with Gasteiger partial charge in [-0.3, -0.25) is 0 Å². The minimum atomic E-state index is -1.16. The molecule has 1 aromatic rings. The molecule has 0 amide bonds. The number of carbonyl (C=O) groups is 1. The van der Waals surface area contributed by atoms with Gasteiger partial charge >= 0.3 is 5.97 Å². The Hall–Kier alpha value is -0.200. The average Bonchev–Trinajstić information content (AvgIpc) is 1.99. The molecule has 0 bridgehead atoms. The Labute approximate surface area is 98.0 Å². The van der Waals surface area contributed by atoms with Crippen LogP contribution in [-0.4, -0.2) is 11.1 Å². The van der Waals surface area contributed by atoms with Crippen LogP contribution in [-0.2, 0) is 0 Å². The number of hydrogen-bond acceptors (Lipinski definition) is 2. The van der Waals surface area contributed by atoms with Crippen molar-refractivity contribution >= 4 is 57.4 Å². The molecule has 0 aliphatic rings. The van der Waals surface area contributed by atoms with Crippen LogP contribution in [0.15, 0.2) is 6.07 Å². The van der Waals surface area contributed by atoms with E-state index in [1.807, 2.05) is 22.6 Å². The van der Waals surface area contributed by atoms with Gasteiger partial charge in [0, 0.05) is 5.69 Å². The van der Waals surface area contributed by atoms with E-state index in [0.29, 0.717) is 9.26 Å². The number of rotatable bonds is 1. The Morgan fingerprint density at radius 3 is 2.54 bits per heavy atom. The van der Waals surface area contributed by atoms with Crippen LogP contribution in [0.4, 0.5) is 5.69 Å². The summed E-state index contributed by atoms with van der Waals surface area (Å²) in [6.07, 6.45) is 0. The van der Waals surface area contributed by atoms with Gasteiger partial charge in [0.05, 0.1) is 19.2 Å². The third kappa shape index (κ3) is 2.00. The maximum atomic E-state index is 10.7. The molecule has 6 heteroatoms. The molecule has 1 rings (SSSR count). The van der Waals surface area contributed by atoms with E-state index < -0.39 is 5.97 Å². The first-order valence-corrected chi connectivity index (χ1v) is 4.95. The first-order valence-electron chi connectivity index (χ1n) is 3.11. The Kier molecular flexibility index (Phi) is 3.26. The molecule has 0 saturated carbocycles. The third-order valence-electron chi connectivity index (χ3n) is 1.40. The number of carboxylic acids is 1. The van der Waals surface area contributed by atoms with Crippen molar-refractivity contribution in [2.75, 3.05) is 5.73 Å². The highest BCUT2D eigenvalue weighted by atomic mass is 127. The Bertz CT molecular complexity index is 381. The van der Waals surface area contributed by atoms with Crippen LogP contribution in [0.1, 0.15) is 10.4 Å². The first-order chi connectivity index (χ1) is 5.95. The minimum absolute atomic E-state index is 0.0513. The van der Waals surface area contributed by atoms with Crippen LogP contribution in [0.2, 0.25) is 10.0 Å². The summed E-state index contributed by atoms with van der Waals surface area (Å²) in [4.78, 5) is 10.7. The second-order valence-electron chi connectivity index (χ2n) is 2.26. The summed E-state index contributed by atoms with van der Waals surface area (Å²) in [5.41, 5.74) is 5.79. The summed E-state index contributed by atoms with van der Waals surface area (Å²) >= 11 is 13.3. The summed E-state index contributed by atoms with van der Waals surface area (Å²) < 4.78 is 0.501. The predicted octanol–water partition coefficient (Wildman–Crippen LogP) is 2.88. The van der Waals surface area contributed by atoms with Crippen molar-refractivity contribution in [3.63, 3.8) is 0 Å². The van der Waals surface area contributed by atoms with E-state index in [-0.39, 0.29) is 15.6 Å². The number of aromatic carboxylic acids is 1. The molecule has 0 unspecified atom stereocenters. The fourth-order valence-electron chi connectivity index (χ4n) is 0.809. The number of halogens is 3. The number of carboxylic acid groups (broad SMARTS) is 1. The van der Waals surface area contributed by atoms with Crippen LogP contribution >= 0.6 is 45.8 Å². The quantitative estimate of drug-likeness (QED) is 0.472. The van der Waals surface area contributed by atoms with E-state index in [1.54, 1.807) is 0 Å². The van der Waals surface area contributed by atoms with Crippen LogP contribution in [0.25, 0.3) is 0 Å². The molecule has 3 N–H and O–H groups in total.